The Hall–Kier alpha value is -2.10. The lowest BCUT2D eigenvalue weighted by Crippen LogP contribution is -2.40. The number of nitrogens with zero attached hydrogens (tertiary/aromatic N) is 1. The van der Waals surface area contributed by atoms with E-state index >= 15 is 0 Å². The van der Waals surface area contributed by atoms with E-state index in [9.17, 15) is 9.59 Å². The summed E-state index contributed by atoms with van der Waals surface area (Å²) < 4.78 is 5.22. The smallest absolute Gasteiger partial charge is 0.238 e. The first-order valence-corrected chi connectivity index (χ1v) is 7.91. The zero-order chi connectivity index (χ0) is 15.0. The lowest BCUT2D eigenvalue weighted by molar-refractivity contribution is -0.124. The number of carbonyl (C=O) groups is 2. The maximum Gasteiger partial charge on any atom is 0.238 e. The molecule has 112 valence electrons. The number of imide groups is 1. The topological polar surface area (TPSA) is 46.6 Å². The van der Waals surface area contributed by atoms with Crippen LogP contribution in [0.25, 0.3) is 0 Å². The van der Waals surface area contributed by atoms with Crippen molar-refractivity contribution < 1.29 is 14.3 Å². The summed E-state index contributed by atoms with van der Waals surface area (Å²) in [6.07, 6.45) is 5.58. The largest absolute Gasteiger partial charge is 0.497 e. The van der Waals surface area contributed by atoms with Gasteiger partial charge in [0, 0.05) is 6.07 Å². The lowest BCUT2D eigenvalue weighted by atomic mass is 9.63. The fourth-order valence-corrected chi connectivity index (χ4v) is 4.96. The third kappa shape index (κ3) is 1.38. The Balaban J connectivity index is 1.57. The van der Waals surface area contributed by atoms with E-state index in [4.69, 9.17) is 4.74 Å². The van der Waals surface area contributed by atoms with Crippen molar-refractivity contribution in [2.75, 3.05) is 12.0 Å². The van der Waals surface area contributed by atoms with Gasteiger partial charge in [0.15, 0.2) is 0 Å². The van der Waals surface area contributed by atoms with Crippen molar-refractivity contribution in [3.63, 3.8) is 0 Å². The molecule has 0 aromatic heterocycles. The van der Waals surface area contributed by atoms with Gasteiger partial charge in [0.2, 0.25) is 11.8 Å². The molecule has 0 unspecified atom stereocenters. The number of anilines is 1. The average Bonchev–Trinajstić information content (AvgIpc) is 3.32. The van der Waals surface area contributed by atoms with Crippen LogP contribution in [-0.2, 0) is 9.59 Å². The van der Waals surface area contributed by atoms with E-state index < -0.39 is 0 Å². The SMILES string of the molecule is COc1cccc(N2C(=O)[C@@H]3[C@H]4C=C[C@@H]([C@@H]5C[C@@H]45)[C@H]3C2=O)c1. The van der Waals surface area contributed by atoms with Gasteiger partial charge in [0.05, 0.1) is 24.6 Å². The monoisotopic (exact) mass is 295 g/mol. The van der Waals surface area contributed by atoms with E-state index in [1.54, 1.807) is 13.2 Å². The number of methoxy groups -OCH3 is 1. The molecule has 4 heteroatoms. The molecule has 6 rings (SSSR count). The summed E-state index contributed by atoms with van der Waals surface area (Å²) in [4.78, 5) is 27.3. The summed E-state index contributed by atoms with van der Waals surface area (Å²) in [5.41, 5.74) is 0.636. The number of rotatable bonds is 2. The van der Waals surface area contributed by atoms with E-state index in [0.717, 1.165) is 0 Å². The van der Waals surface area contributed by atoms with Crippen LogP contribution in [-0.4, -0.2) is 18.9 Å². The van der Waals surface area contributed by atoms with Gasteiger partial charge in [-0.25, -0.2) is 4.90 Å². The average molecular weight is 295 g/mol. The number of carbonyl (C=O) groups excluding carboxylic acids is 2. The minimum atomic E-state index is -0.141. The summed E-state index contributed by atoms with van der Waals surface area (Å²) in [5, 5.41) is 0. The van der Waals surface area contributed by atoms with E-state index in [-0.39, 0.29) is 35.5 Å². The molecule has 2 bridgehead atoms. The summed E-state index contributed by atoms with van der Waals surface area (Å²) in [6.45, 7) is 0. The Kier molecular flexibility index (Phi) is 2.26. The maximum atomic E-state index is 12.9. The first-order valence-electron chi connectivity index (χ1n) is 7.91. The Labute approximate surface area is 128 Å². The van der Waals surface area contributed by atoms with E-state index in [1.807, 2.05) is 18.2 Å². The maximum absolute atomic E-state index is 12.9. The van der Waals surface area contributed by atoms with E-state index in [1.165, 1.54) is 11.3 Å². The van der Waals surface area contributed by atoms with Gasteiger partial charge in [-0.3, -0.25) is 9.59 Å². The quantitative estimate of drug-likeness (QED) is 0.621. The zero-order valence-electron chi connectivity index (χ0n) is 12.3. The highest BCUT2D eigenvalue weighted by molar-refractivity contribution is 6.22. The third-order valence-electron chi connectivity index (χ3n) is 5.97. The van der Waals surface area contributed by atoms with Gasteiger partial charge in [-0.15, -0.1) is 0 Å². The van der Waals surface area contributed by atoms with Crippen LogP contribution >= 0.6 is 0 Å². The number of allylic oxidation sites excluding steroid dienone is 2. The Morgan fingerprint density at radius 2 is 1.68 bits per heavy atom. The molecule has 2 amide bonds. The van der Waals surface area contributed by atoms with E-state index in [2.05, 4.69) is 12.2 Å². The predicted molar refractivity (Wildman–Crippen MR) is 80.2 cm³/mol. The highest BCUT2D eigenvalue weighted by Crippen LogP contribution is 2.65. The van der Waals surface area contributed by atoms with Crippen molar-refractivity contribution in [2.45, 2.75) is 6.42 Å². The Bertz CT molecular complexity index is 689. The molecular formula is C18H17NO3. The van der Waals surface area contributed by atoms with Gasteiger partial charge in [-0.05, 0) is 42.2 Å². The van der Waals surface area contributed by atoms with Crippen molar-refractivity contribution in [1.82, 2.24) is 0 Å². The Morgan fingerprint density at radius 1 is 1.05 bits per heavy atom. The molecule has 1 saturated heterocycles. The van der Waals surface area contributed by atoms with Crippen LogP contribution in [0.1, 0.15) is 6.42 Å². The molecule has 6 atom stereocenters. The number of hydrogen-bond acceptors (Lipinski definition) is 3. The molecule has 4 nitrogen and oxygen atoms in total. The van der Waals surface area contributed by atoms with Crippen LogP contribution in [0, 0.1) is 35.5 Å². The molecule has 0 N–H and O–H groups in total. The van der Waals surface area contributed by atoms with Crippen LogP contribution in [0.3, 0.4) is 0 Å². The van der Waals surface area contributed by atoms with Gasteiger partial charge < -0.3 is 4.74 Å². The van der Waals surface area contributed by atoms with Gasteiger partial charge in [0.25, 0.3) is 0 Å². The number of amides is 2. The van der Waals surface area contributed by atoms with Crippen LogP contribution in [0.15, 0.2) is 36.4 Å². The zero-order valence-corrected chi connectivity index (χ0v) is 12.3. The molecule has 1 heterocycles. The third-order valence-corrected chi connectivity index (χ3v) is 5.97. The van der Waals surface area contributed by atoms with Crippen molar-refractivity contribution in [3.8, 4) is 5.75 Å². The molecule has 4 aliphatic carbocycles. The standard InChI is InChI=1S/C18H17NO3/c1-22-10-4-2-3-9(7-10)19-17(20)15-11-5-6-12(14-8-13(11)14)16(15)18(19)21/h2-7,11-16H,8H2,1H3/t11-,12-,13-,14-,15+,16+/m0/s1. The van der Waals surface area contributed by atoms with Crippen molar-refractivity contribution in [1.29, 1.82) is 0 Å². The molecular weight excluding hydrogens is 278 g/mol. The van der Waals surface area contributed by atoms with Crippen LogP contribution in [0.2, 0.25) is 0 Å². The molecule has 1 aromatic rings. The summed E-state index contributed by atoms with van der Waals surface area (Å²) in [5.74, 6) is 2.16. The van der Waals surface area contributed by atoms with Crippen LogP contribution in [0.4, 0.5) is 5.69 Å². The number of benzene rings is 1. The van der Waals surface area contributed by atoms with Gasteiger partial charge in [0.1, 0.15) is 5.75 Å². The van der Waals surface area contributed by atoms with Crippen molar-refractivity contribution in [3.05, 3.63) is 36.4 Å². The second kappa shape index (κ2) is 4.00. The molecule has 1 aromatic carbocycles. The second-order valence-corrected chi connectivity index (χ2v) is 6.87. The predicted octanol–water partition coefficient (Wildman–Crippen LogP) is 2.25. The normalized spacial score (nSPS) is 40.7. The summed E-state index contributed by atoms with van der Waals surface area (Å²) >= 11 is 0. The molecule has 2 saturated carbocycles. The summed E-state index contributed by atoms with van der Waals surface area (Å²) in [7, 11) is 1.59. The molecule has 22 heavy (non-hydrogen) atoms. The fourth-order valence-electron chi connectivity index (χ4n) is 4.96. The van der Waals surface area contributed by atoms with Crippen LogP contribution in [0.5, 0.6) is 5.75 Å². The first kappa shape index (κ1) is 12.4. The molecule has 1 aliphatic heterocycles. The highest BCUT2D eigenvalue weighted by Gasteiger charge is 2.67. The van der Waals surface area contributed by atoms with Gasteiger partial charge >= 0.3 is 0 Å². The minimum Gasteiger partial charge on any atom is -0.497 e. The van der Waals surface area contributed by atoms with Crippen molar-refractivity contribution >= 4 is 17.5 Å². The highest BCUT2D eigenvalue weighted by atomic mass is 16.5. The second-order valence-electron chi connectivity index (χ2n) is 6.87. The molecule has 3 fully saturated rings. The fraction of sp³-hybridized carbons (Fsp3) is 0.444. The van der Waals surface area contributed by atoms with Crippen LogP contribution < -0.4 is 9.64 Å². The van der Waals surface area contributed by atoms with E-state index in [0.29, 0.717) is 23.3 Å². The van der Waals surface area contributed by atoms with Crippen molar-refractivity contribution in [2.24, 2.45) is 35.5 Å². The van der Waals surface area contributed by atoms with Gasteiger partial charge in [-0.2, -0.15) is 0 Å². The number of hydrogen-bond donors (Lipinski definition) is 0. The molecule has 5 aliphatic rings. The summed E-state index contributed by atoms with van der Waals surface area (Å²) in [6, 6.07) is 7.22. The number of ether oxygens (including phenoxy) is 1. The lowest BCUT2D eigenvalue weighted by Gasteiger charge is -2.37. The molecule has 0 radical (unpaired) electrons. The first-order chi connectivity index (χ1) is 10.7. The molecule has 0 spiro atoms. The minimum absolute atomic E-state index is 0.0204. The Morgan fingerprint density at radius 3 is 2.27 bits per heavy atom. The van der Waals surface area contributed by atoms with Gasteiger partial charge in [-0.1, -0.05) is 18.2 Å².